The average Bonchev–Trinajstić information content (AvgIpc) is 3.14. The van der Waals surface area contributed by atoms with Crippen LogP contribution in [0.1, 0.15) is 37.0 Å². The fraction of sp³-hybridized carbons (Fsp3) is 0.556. The Morgan fingerprint density at radius 1 is 1.26 bits per heavy atom. The largest absolute Gasteiger partial charge is 0.338 e. The van der Waals surface area contributed by atoms with Gasteiger partial charge in [-0.3, -0.25) is 4.90 Å². The van der Waals surface area contributed by atoms with E-state index < -0.39 is 0 Å². The Hall–Kier alpha value is -1.72. The van der Waals surface area contributed by atoms with Gasteiger partial charge in [-0.25, -0.2) is 0 Å². The molecule has 124 valence electrons. The summed E-state index contributed by atoms with van der Waals surface area (Å²) in [6.45, 7) is 7.72. The van der Waals surface area contributed by atoms with Gasteiger partial charge in [0.05, 0.1) is 6.54 Å². The molecule has 5 heteroatoms. The molecule has 0 amide bonds. The van der Waals surface area contributed by atoms with Crippen LogP contribution in [0.5, 0.6) is 0 Å². The number of nitrogens with zero attached hydrogens (tertiary/aromatic N) is 3. The Morgan fingerprint density at radius 2 is 2.04 bits per heavy atom. The molecule has 1 aromatic heterocycles. The van der Waals surface area contributed by atoms with Crippen molar-refractivity contribution in [2.75, 3.05) is 19.6 Å². The molecule has 0 bridgehead atoms. The minimum atomic E-state index is 0.482. The third kappa shape index (κ3) is 3.98. The lowest BCUT2D eigenvalue weighted by molar-refractivity contribution is 0.259. The molecule has 1 aliphatic rings. The molecule has 5 nitrogen and oxygen atoms in total. The molecular weight excluding hydrogens is 288 g/mol. The van der Waals surface area contributed by atoms with Gasteiger partial charge in [-0.1, -0.05) is 49.3 Å². The van der Waals surface area contributed by atoms with E-state index in [0.717, 1.165) is 25.3 Å². The Kier molecular flexibility index (Phi) is 5.08. The number of nitrogens with two attached hydrogens (primary N) is 1. The number of benzene rings is 1. The van der Waals surface area contributed by atoms with Gasteiger partial charge in [0.1, 0.15) is 0 Å². The third-order valence-corrected chi connectivity index (χ3v) is 4.51. The van der Waals surface area contributed by atoms with E-state index in [4.69, 9.17) is 10.3 Å². The quantitative estimate of drug-likeness (QED) is 0.887. The molecule has 3 rings (SSSR count). The van der Waals surface area contributed by atoms with Crippen LogP contribution in [0.15, 0.2) is 34.9 Å². The minimum absolute atomic E-state index is 0.482. The number of rotatable bonds is 6. The van der Waals surface area contributed by atoms with E-state index in [1.54, 1.807) is 0 Å². The van der Waals surface area contributed by atoms with Crippen LogP contribution >= 0.6 is 0 Å². The third-order valence-electron chi connectivity index (χ3n) is 4.51. The molecule has 0 radical (unpaired) electrons. The van der Waals surface area contributed by atoms with Crippen molar-refractivity contribution in [2.24, 2.45) is 17.6 Å². The monoisotopic (exact) mass is 314 g/mol. The van der Waals surface area contributed by atoms with E-state index in [-0.39, 0.29) is 0 Å². The van der Waals surface area contributed by atoms with Gasteiger partial charge in [-0.15, -0.1) is 0 Å². The minimum Gasteiger partial charge on any atom is -0.338 e. The summed E-state index contributed by atoms with van der Waals surface area (Å²) in [7, 11) is 0. The van der Waals surface area contributed by atoms with Crippen LogP contribution in [-0.2, 0) is 13.0 Å². The van der Waals surface area contributed by atoms with E-state index in [0.29, 0.717) is 36.7 Å². The lowest BCUT2D eigenvalue weighted by Crippen LogP contribution is -2.23. The molecular formula is C18H26N4O. The van der Waals surface area contributed by atoms with Crippen molar-refractivity contribution in [1.82, 2.24) is 15.0 Å². The molecule has 1 aliphatic heterocycles. The first-order chi connectivity index (χ1) is 11.2. The summed E-state index contributed by atoms with van der Waals surface area (Å²) in [5.41, 5.74) is 7.37. The molecule has 1 fully saturated rings. The Labute approximate surface area is 137 Å². The Balaban J connectivity index is 1.64. The molecule has 0 spiro atoms. The van der Waals surface area contributed by atoms with Gasteiger partial charge in [0.25, 0.3) is 0 Å². The lowest BCUT2D eigenvalue weighted by Gasteiger charge is -2.16. The second-order valence-electron chi connectivity index (χ2n) is 6.91. The standard InChI is InChI=1S/C18H26N4O/c1-13(2)8-17-20-18(23-21-17)12-22-10-15(9-19)16(11-22)14-6-4-3-5-7-14/h3-7,13,15-16H,8-12,19H2,1-2H3/t15-,16+/m1/s1. The van der Waals surface area contributed by atoms with Crippen molar-refractivity contribution in [2.45, 2.75) is 32.7 Å². The predicted octanol–water partition coefficient (Wildman–Crippen LogP) is 2.44. The van der Waals surface area contributed by atoms with Crippen LogP contribution in [0, 0.1) is 11.8 Å². The number of aromatic nitrogens is 2. The SMILES string of the molecule is CC(C)Cc1noc(CN2C[C@@H](CN)[C@H](c3ccccc3)C2)n1. The van der Waals surface area contributed by atoms with Gasteiger partial charge in [0.2, 0.25) is 5.89 Å². The van der Waals surface area contributed by atoms with Crippen LogP contribution in [0.4, 0.5) is 0 Å². The smallest absolute Gasteiger partial charge is 0.240 e. The van der Waals surface area contributed by atoms with E-state index in [1.807, 2.05) is 0 Å². The molecule has 2 atom stereocenters. The summed E-state index contributed by atoms with van der Waals surface area (Å²) in [6.07, 6.45) is 0.863. The maximum absolute atomic E-state index is 6.00. The first-order valence-corrected chi connectivity index (χ1v) is 8.44. The van der Waals surface area contributed by atoms with Gasteiger partial charge in [0.15, 0.2) is 5.82 Å². The lowest BCUT2D eigenvalue weighted by atomic mass is 9.89. The van der Waals surface area contributed by atoms with Crippen molar-refractivity contribution < 1.29 is 4.52 Å². The highest BCUT2D eigenvalue weighted by atomic mass is 16.5. The summed E-state index contributed by atoms with van der Waals surface area (Å²) >= 11 is 0. The zero-order valence-electron chi connectivity index (χ0n) is 14.0. The maximum Gasteiger partial charge on any atom is 0.240 e. The summed E-state index contributed by atoms with van der Waals surface area (Å²) in [6, 6.07) is 10.7. The summed E-state index contributed by atoms with van der Waals surface area (Å²) in [5, 5.41) is 4.08. The molecule has 2 N–H and O–H groups in total. The topological polar surface area (TPSA) is 68.2 Å². The Bertz CT molecular complexity index is 610. The van der Waals surface area contributed by atoms with Crippen molar-refractivity contribution in [1.29, 1.82) is 0 Å². The fourth-order valence-electron chi connectivity index (χ4n) is 3.40. The predicted molar refractivity (Wildman–Crippen MR) is 89.8 cm³/mol. The number of hydrogen-bond donors (Lipinski definition) is 1. The highest BCUT2D eigenvalue weighted by Crippen LogP contribution is 2.32. The van der Waals surface area contributed by atoms with E-state index in [9.17, 15) is 0 Å². The zero-order valence-corrected chi connectivity index (χ0v) is 14.0. The highest BCUT2D eigenvalue weighted by Gasteiger charge is 2.33. The molecule has 2 aromatic rings. The number of hydrogen-bond acceptors (Lipinski definition) is 5. The normalized spacial score (nSPS) is 22.1. The molecule has 1 saturated heterocycles. The maximum atomic E-state index is 6.00. The first-order valence-electron chi connectivity index (χ1n) is 8.44. The van der Waals surface area contributed by atoms with Gasteiger partial charge in [0, 0.05) is 25.4 Å². The second kappa shape index (κ2) is 7.23. The highest BCUT2D eigenvalue weighted by molar-refractivity contribution is 5.22. The van der Waals surface area contributed by atoms with Crippen molar-refractivity contribution in [3.63, 3.8) is 0 Å². The summed E-state index contributed by atoms with van der Waals surface area (Å²) < 4.78 is 5.40. The van der Waals surface area contributed by atoms with Gasteiger partial charge in [-0.2, -0.15) is 4.98 Å². The summed E-state index contributed by atoms with van der Waals surface area (Å²) in [4.78, 5) is 6.89. The molecule has 0 aliphatic carbocycles. The van der Waals surface area contributed by atoms with Crippen molar-refractivity contribution in [3.8, 4) is 0 Å². The van der Waals surface area contributed by atoms with Crippen molar-refractivity contribution >= 4 is 0 Å². The Morgan fingerprint density at radius 3 is 2.74 bits per heavy atom. The van der Waals surface area contributed by atoms with Gasteiger partial charge < -0.3 is 10.3 Å². The van der Waals surface area contributed by atoms with Crippen LogP contribution < -0.4 is 5.73 Å². The van der Waals surface area contributed by atoms with Gasteiger partial charge in [-0.05, 0) is 23.9 Å². The number of likely N-dealkylation sites (tertiary alicyclic amines) is 1. The van der Waals surface area contributed by atoms with E-state index in [2.05, 4.69) is 59.2 Å². The zero-order chi connectivity index (χ0) is 16.2. The molecule has 0 unspecified atom stereocenters. The molecule has 2 heterocycles. The van der Waals surface area contributed by atoms with Crippen LogP contribution in [0.25, 0.3) is 0 Å². The molecule has 0 saturated carbocycles. The van der Waals surface area contributed by atoms with Crippen LogP contribution in [-0.4, -0.2) is 34.7 Å². The van der Waals surface area contributed by atoms with Crippen LogP contribution in [0.2, 0.25) is 0 Å². The molecule has 23 heavy (non-hydrogen) atoms. The van der Waals surface area contributed by atoms with Gasteiger partial charge >= 0.3 is 0 Å². The average molecular weight is 314 g/mol. The first kappa shape index (κ1) is 16.1. The fourth-order valence-corrected chi connectivity index (χ4v) is 3.40. The summed E-state index contributed by atoms with van der Waals surface area (Å²) in [5.74, 6) is 3.03. The van der Waals surface area contributed by atoms with E-state index in [1.165, 1.54) is 5.56 Å². The van der Waals surface area contributed by atoms with Crippen LogP contribution in [0.3, 0.4) is 0 Å². The van der Waals surface area contributed by atoms with Crippen molar-refractivity contribution in [3.05, 3.63) is 47.6 Å². The molecule has 1 aromatic carbocycles. The second-order valence-corrected chi connectivity index (χ2v) is 6.91. The van der Waals surface area contributed by atoms with E-state index >= 15 is 0 Å².